The molecule has 0 aliphatic carbocycles. The first-order chi connectivity index (χ1) is 20.5. The number of allylic oxidation sites excluding steroid dienone is 2. The second-order valence-electron chi connectivity index (χ2n) is 9.56. The van der Waals surface area contributed by atoms with Gasteiger partial charge >= 0.3 is 0 Å². The number of pyridine rings is 1. The molecule has 1 aliphatic rings. The third kappa shape index (κ3) is 8.28. The van der Waals surface area contributed by atoms with Crippen LogP contribution in [0.5, 0.6) is 0 Å². The molecule has 0 unspecified atom stereocenters. The first-order valence-corrected chi connectivity index (χ1v) is 14.1. The van der Waals surface area contributed by atoms with E-state index in [0.29, 0.717) is 31.3 Å². The number of benzene rings is 3. The highest BCUT2D eigenvalue weighted by atomic mass is 35.5. The van der Waals surface area contributed by atoms with E-state index in [4.69, 9.17) is 16.3 Å². The average molecular weight is 590 g/mol. The Morgan fingerprint density at radius 1 is 0.881 bits per heavy atom. The maximum atomic E-state index is 13.5. The number of nitrogens with one attached hydrogen (secondary N) is 4. The van der Waals surface area contributed by atoms with Crippen molar-refractivity contribution >= 4 is 45.4 Å². The summed E-state index contributed by atoms with van der Waals surface area (Å²) in [7, 11) is 0. The van der Waals surface area contributed by atoms with Gasteiger partial charge in [0.1, 0.15) is 36.2 Å². The number of hydrogen-bond donors (Lipinski definition) is 4. The number of rotatable bonds is 10. The van der Waals surface area contributed by atoms with E-state index in [1.165, 1.54) is 24.3 Å². The maximum Gasteiger partial charge on any atom is 0.274 e. The summed E-state index contributed by atoms with van der Waals surface area (Å²) in [4.78, 5) is 4.40. The third-order valence-corrected chi connectivity index (χ3v) is 6.80. The van der Waals surface area contributed by atoms with Crippen LogP contribution >= 0.6 is 11.6 Å². The number of halogens is 3. The first kappa shape index (κ1) is 29.0. The zero-order valence-corrected chi connectivity index (χ0v) is 23.7. The van der Waals surface area contributed by atoms with Crippen LogP contribution in [0.15, 0.2) is 103 Å². The molecule has 10 heteroatoms. The number of morpholine rings is 1. The Bertz CT molecular complexity index is 1580. The van der Waals surface area contributed by atoms with Gasteiger partial charge in [-0.3, -0.25) is 9.56 Å². The summed E-state index contributed by atoms with van der Waals surface area (Å²) in [6, 6.07) is 20.0. The lowest BCUT2D eigenvalue weighted by atomic mass is 10.2. The van der Waals surface area contributed by atoms with Gasteiger partial charge in [-0.25, -0.2) is 14.1 Å². The minimum atomic E-state index is -0.300. The SMILES string of the molecule is Fc1ccc(NC(=CC=CC(Nc2ccc(F)cc2)=[N+]2CCOCC2)NCCNc2ccnc3cc(Cl)ccc23)cc1. The second-order valence-corrected chi connectivity index (χ2v) is 10.00. The largest absolute Gasteiger partial charge is 0.383 e. The molecule has 0 atom stereocenters. The number of anilines is 3. The van der Waals surface area contributed by atoms with Crippen molar-refractivity contribution in [3.63, 3.8) is 0 Å². The summed E-state index contributed by atoms with van der Waals surface area (Å²) in [5, 5.41) is 15.2. The Morgan fingerprint density at radius 2 is 1.57 bits per heavy atom. The molecule has 1 saturated heterocycles. The summed E-state index contributed by atoms with van der Waals surface area (Å²) in [6.45, 7) is 3.95. The van der Waals surface area contributed by atoms with E-state index in [-0.39, 0.29) is 11.6 Å². The highest BCUT2D eigenvalue weighted by Crippen LogP contribution is 2.24. The van der Waals surface area contributed by atoms with Crippen molar-refractivity contribution in [2.75, 3.05) is 55.3 Å². The van der Waals surface area contributed by atoms with Gasteiger partial charge in [0.25, 0.3) is 5.84 Å². The number of hydrogen-bond acceptors (Lipinski definition) is 5. The van der Waals surface area contributed by atoms with Gasteiger partial charge in [-0.05, 0) is 78.9 Å². The number of nitrogens with zero attached hydrogens (tertiary/aromatic N) is 2. The minimum Gasteiger partial charge on any atom is -0.383 e. The highest BCUT2D eigenvalue weighted by molar-refractivity contribution is 6.31. The van der Waals surface area contributed by atoms with E-state index in [0.717, 1.165) is 52.7 Å². The fraction of sp³-hybridized carbons (Fsp3) is 0.188. The monoisotopic (exact) mass is 589 g/mol. The van der Waals surface area contributed by atoms with Gasteiger partial charge in [-0.1, -0.05) is 17.7 Å². The number of amidine groups is 1. The zero-order chi connectivity index (χ0) is 29.1. The molecule has 1 aromatic heterocycles. The van der Waals surface area contributed by atoms with Crippen molar-refractivity contribution in [2.24, 2.45) is 0 Å². The number of fused-ring (bicyclic) bond motifs is 1. The van der Waals surface area contributed by atoms with Gasteiger partial charge in [0.2, 0.25) is 0 Å². The van der Waals surface area contributed by atoms with E-state index in [1.807, 2.05) is 42.5 Å². The Balaban J connectivity index is 1.30. The molecule has 7 nitrogen and oxygen atoms in total. The van der Waals surface area contributed by atoms with Gasteiger partial charge < -0.3 is 20.7 Å². The Kier molecular flexibility index (Phi) is 9.98. The minimum absolute atomic E-state index is 0.287. The van der Waals surface area contributed by atoms with Crippen LogP contribution in [0.3, 0.4) is 0 Å². The fourth-order valence-corrected chi connectivity index (χ4v) is 4.62. The molecule has 0 saturated carbocycles. The van der Waals surface area contributed by atoms with Gasteiger partial charge in [0.05, 0.1) is 18.7 Å². The van der Waals surface area contributed by atoms with Crippen LogP contribution in [0.2, 0.25) is 5.02 Å². The first-order valence-electron chi connectivity index (χ1n) is 13.7. The van der Waals surface area contributed by atoms with Crippen LogP contribution in [0.25, 0.3) is 10.9 Å². The lowest BCUT2D eigenvalue weighted by Crippen LogP contribution is -2.35. The van der Waals surface area contributed by atoms with Crippen LogP contribution < -0.4 is 21.3 Å². The van der Waals surface area contributed by atoms with Gasteiger partial charge in [0, 0.05) is 47.1 Å². The maximum absolute atomic E-state index is 13.5. The molecule has 1 fully saturated rings. The predicted octanol–water partition coefficient (Wildman–Crippen LogP) is 6.23. The molecule has 4 aromatic rings. The van der Waals surface area contributed by atoms with Crippen molar-refractivity contribution in [3.8, 4) is 0 Å². The van der Waals surface area contributed by atoms with Gasteiger partial charge in [0.15, 0.2) is 0 Å². The van der Waals surface area contributed by atoms with E-state index in [9.17, 15) is 8.78 Å². The van der Waals surface area contributed by atoms with Crippen molar-refractivity contribution in [2.45, 2.75) is 0 Å². The van der Waals surface area contributed by atoms with Crippen LogP contribution in [-0.4, -0.2) is 54.8 Å². The quantitative estimate of drug-likeness (QED) is 0.0761. The summed E-state index contributed by atoms with van der Waals surface area (Å²) >= 11 is 6.12. The third-order valence-electron chi connectivity index (χ3n) is 6.57. The van der Waals surface area contributed by atoms with Crippen molar-refractivity contribution in [3.05, 3.63) is 120 Å². The zero-order valence-electron chi connectivity index (χ0n) is 22.9. The molecular formula is C32H32ClF2N6O+. The molecule has 216 valence electrons. The number of aromatic nitrogens is 1. The molecule has 0 bridgehead atoms. The second kappa shape index (κ2) is 14.4. The topological polar surface area (TPSA) is 73.2 Å². The predicted molar refractivity (Wildman–Crippen MR) is 166 cm³/mol. The van der Waals surface area contributed by atoms with E-state index < -0.39 is 0 Å². The molecule has 5 rings (SSSR count). The molecule has 0 radical (unpaired) electrons. The van der Waals surface area contributed by atoms with Crippen LogP contribution in [0.1, 0.15) is 0 Å². The summed E-state index contributed by atoms with van der Waals surface area (Å²) in [5.74, 6) is 1.01. The van der Waals surface area contributed by atoms with Crippen LogP contribution in [-0.2, 0) is 4.74 Å². The van der Waals surface area contributed by atoms with Crippen LogP contribution in [0, 0.1) is 11.6 Å². The normalized spacial score (nSPS) is 13.8. The Labute approximate surface area is 248 Å². The average Bonchev–Trinajstić information content (AvgIpc) is 3.01. The highest BCUT2D eigenvalue weighted by Gasteiger charge is 2.15. The summed E-state index contributed by atoms with van der Waals surface area (Å²) in [5.41, 5.74) is 3.32. The Hall–Kier alpha value is -4.47. The fourth-order valence-electron chi connectivity index (χ4n) is 4.45. The molecule has 3 aromatic carbocycles. The molecular weight excluding hydrogens is 558 g/mol. The molecule has 42 heavy (non-hydrogen) atoms. The van der Waals surface area contributed by atoms with Gasteiger partial charge in [-0.2, -0.15) is 0 Å². The van der Waals surface area contributed by atoms with E-state index >= 15 is 0 Å². The van der Waals surface area contributed by atoms with E-state index in [1.54, 1.807) is 30.5 Å². The smallest absolute Gasteiger partial charge is 0.274 e. The van der Waals surface area contributed by atoms with Crippen molar-refractivity contribution < 1.29 is 18.1 Å². The lowest BCUT2D eigenvalue weighted by molar-refractivity contribution is -0.548. The molecule has 4 N–H and O–H groups in total. The Morgan fingerprint density at radius 3 is 2.29 bits per heavy atom. The molecule has 0 spiro atoms. The van der Waals surface area contributed by atoms with Crippen LogP contribution in [0.4, 0.5) is 25.8 Å². The summed E-state index contributed by atoms with van der Waals surface area (Å²) in [6.07, 6.45) is 7.56. The summed E-state index contributed by atoms with van der Waals surface area (Å²) < 4.78 is 34.7. The molecule has 0 amide bonds. The molecule has 2 heterocycles. The van der Waals surface area contributed by atoms with Crippen molar-refractivity contribution in [1.82, 2.24) is 10.3 Å². The van der Waals surface area contributed by atoms with E-state index in [2.05, 4.69) is 30.8 Å². The van der Waals surface area contributed by atoms with Gasteiger partial charge in [-0.15, -0.1) is 0 Å². The number of ether oxygens (including phenoxy) is 1. The molecule has 1 aliphatic heterocycles. The van der Waals surface area contributed by atoms with Crippen molar-refractivity contribution in [1.29, 1.82) is 0 Å². The lowest BCUT2D eigenvalue weighted by Gasteiger charge is -2.16. The standard InChI is InChI=1S/C32H31ClF2N6O/c33-23-4-13-28-29(14-15-36-30(28)22-23)37-16-17-38-31(39-26-9-5-24(34)6-10-26)2-1-3-32(41-18-20-42-21-19-41)40-27-11-7-25(35)8-12-27/h1-15,22H,16-21H2,(H3,36,37,38,39,40)/p+1.